The summed E-state index contributed by atoms with van der Waals surface area (Å²) in [6, 6.07) is 0. The Labute approximate surface area is 70.4 Å². The molecule has 0 aromatic heterocycles. The van der Waals surface area contributed by atoms with Crippen LogP contribution < -0.4 is 0 Å². The Morgan fingerprint density at radius 2 is 2.09 bits per heavy atom. The van der Waals surface area contributed by atoms with Gasteiger partial charge in [-0.3, -0.25) is 0 Å². The normalized spacial score (nSPS) is 27.5. The van der Waals surface area contributed by atoms with Gasteiger partial charge in [-0.2, -0.15) is 0 Å². The van der Waals surface area contributed by atoms with Gasteiger partial charge in [0.1, 0.15) is 6.17 Å². The molecule has 0 aromatic rings. The number of nitrogens with zero attached hydrogens (tertiary/aromatic N) is 1. The minimum atomic E-state index is -0.968. The predicted molar refractivity (Wildman–Crippen MR) is 46.5 cm³/mol. The van der Waals surface area contributed by atoms with E-state index >= 15 is 0 Å². The van der Waals surface area contributed by atoms with Gasteiger partial charge >= 0.3 is 0 Å². The summed E-state index contributed by atoms with van der Waals surface area (Å²) in [7, 11) is -0.968. The summed E-state index contributed by atoms with van der Waals surface area (Å²) in [5.41, 5.74) is 0. The Bertz CT molecular complexity index is 132. The van der Waals surface area contributed by atoms with Crippen LogP contribution in [0.3, 0.4) is 0 Å². The van der Waals surface area contributed by atoms with E-state index in [4.69, 9.17) is 0 Å². The van der Waals surface area contributed by atoms with Gasteiger partial charge in [0.15, 0.2) is 0 Å². The van der Waals surface area contributed by atoms with Crippen molar-refractivity contribution in [2.24, 2.45) is 0 Å². The van der Waals surface area contributed by atoms with Crippen LogP contribution in [-0.2, 0) is 11.0 Å². The van der Waals surface area contributed by atoms with E-state index in [1.54, 1.807) is 10.6 Å². The SMILES string of the molecule is CC.CS(=O)N1CCC(F)C1. The van der Waals surface area contributed by atoms with E-state index in [1.165, 1.54) is 0 Å². The van der Waals surface area contributed by atoms with Gasteiger partial charge < -0.3 is 0 Å². The van der Waals surface area contributed by atoms with E-state index in [9.17, 15) is 8.60 Å². The minimum absolute atomic E-state index is 0.350. The zero-order valence-corrected chi connectivity index (χ0v) is 8.16. The first-order valence-electron chi connectivity index (χ1n) is 3.92. The second-order valence-electron chi connectivity index (χ2n) is 2.20. The van der Waals surface area contributed by atoms with Crippen molar-refractivity contribution in [2.45, 2.75) is 26.4 Å². The molecule has 0 aromatic carbocycles. The third kappa shape index (κ3) is 3.82. The van der Waals surface area contributed by atoms with Crippen LogP contribution in [0.25, 0.3) is 0 Å². The molecule has 1 rings (SSSR count). The number of alkyl halides is 1. The summed E-state index contributed by atoms with van der Waals surface area (Å²) in [6.07, 6.45) is 1.37. The molecule has 1 saturated heterocycles. The van der Waals surface area contributed by atoms with Gasteiger partial charge in [0.25, 0.3) is 0 Å². The van der Waals surface area contributed by atoms with Crippen LogP contribution in [-0.4, -0.2) is 34.0 Å². The molecule has 1 aliphatic heterocycles. The Morgan fingerprint density at radius 1 is 1.55 bits per heavy atom. The van der Waals surface area contributed by atoms with E-state index in [2.05, 4.69) is 0 Å². The van der Waals surface area contributed by atoms with Crippen LogP contribution in [0.2, 0.25) is 0 Å². The molecule has 0 saturated carbocycles. The molecule has 1 aliphatic rings. The van der Waals surface area contributed by atoms with Crippen LogP contribution in [0.1, 0.15) is 20.3 Å². The zero-order chi connectivity index (χ0) is 8.85. The molecule has 0 aliphatic carbocycles. The summed E-state index contributed by atoms with van der Waals surface area (Å²) in [5.74, 6) is 0. The molecule has 2 atom stereocenters. The maximum atomic E-state index is 12.4. The summed E-state index contributed by atoms with van der Waals surface area (Å²) in [6.45, 7) is 4.99. The van der Waals surface area contributed by atoms with Crippen molar-refractivity contribution in [1.82, 2.24) is 4.31 Å². The van der Waals surface area contributed by atoms with Gasteiger partial charge in [-0.05, 0) is 6.42 Å². The summed E-state index contributed by atoms with van der Waals surface area (Å²) >= 11 is 0. The average molecular weight is 181 g/mol. The third-order valence-corrected chi connectivity index (χ3v) is 2.52. The lowest BCUT2D eigenvalue weighted by Gasteiger charge is -2.07. The lowest BCUT2D eigenvalue weighted by molar-refractivity contribution is 0.347. The Kier molecular flexibility index (Phi) is 5.68. The first kappa shape index (κ1) is 11.0. The molecule has 0 bridgehead atoms. The summed E-state index contributed by atoms with van der Waals surface area (Å²) < 4.78 is 24.7. The molecule has 1 fully saturated rings. The van der Waals surface area contributed by atoms with Crippen molar-refractivity contribution in [3.63, 3.8) is 0 Å². The molecule has 11 heavy (non-hydrogen) atoms. The van der Waals surface area contributed by atoms with Gasteiger partial charge in [-0.25, -0.2) is 12.9 Å². The molecule has 4 heteroatoms. The average Bonchev–Trinajstić information content (AvgIpc) is 2.40. The van der Waals surface area contributed by atoms with Crippen LogP contribution in [0, 0.1) is 0 Å². The summed E-state index contributed by atoms with van der Waals surface area (Å²) in [5, 5.41) is 0. The van der Waals surface area contributed by atoms with E-state index in [0.29, 0.717) is 19.5 Å². The highest BCUT2D eigenvalue weighted by Crippen LogP contribution is 2.12. The van der Waals surface area contributed by atoms with Crippen molar-refractivity contribution in [3.8, 4) is 0 Å². The van der Waals surface area contributed by atoms with Gasteiger partial charge in [-0.15, -0.1) is 0 Å². The maximum Gasteiger partial charge on any atom is 0.115 e. The maximum absolute atomic E-state index is 12.4. The Balaban J connectivity index is 0.000000461. The predicted octanol–water partition coefficient (Wildman–Crippen LogP) is 1.35. The van der Waals surface area contributed by atoms with Gasteiger partial charge in [0.05, 0.1) is 11.0 Å². The number of hydrogen-bond acceptors (Lipinski definition) is 1. The number of rotatable bonds is 1. The van der Waals surface area contributed by atoms with Gasteiger partial charge in [-0.1, -0.05) is 13.8 Å². The van der Waals surface area contributed by atoms with Gasteiger partial charge in [0, 0.05) is 19.3 Å². The highest BCUT2D eigenvalue weighted by Gasteiger charge is 2.23. The monoisotopic (exact) mass is 181 g/mol. The lowest BCUT2D eigenvalue weighted by Crippen LogP contribution is -2.22. The van der Waals surface area contributed by atoms with Crippen molar-refractivity contribution in [3.05, 3.63) is 0 Å². The molecule has 2 nitrogen and oxygen atoms in total. The van der Waals surface area contributed by atoms with Crippen molar-refractivity contribution in [1.29, 1.82) is 0 Å². The molecular weight excluding hydrogens is 165 g/mol. The topological polar surface area (TPSA) is 20.3 Å². The van der Waals surface area contributed by atoms with E-state index in [0.717, 1.165) is 0 Å². The van der Waals surface area contributed by atoms with Crippen LogP contribution >= 0.6 is 0 Å². The second-order valence-corrected chi connectivity index (χ2v) is 3.56. The molecule has 0 radical (unpaired) electrons. The number of halogens is 1. The third-order valence-electron chi connectivity index (χ3n) is 1.46. The fourth-order valence-corrected chi connectivity index (χ4v) is 1.66. The van der Waals surface area contributed by atoms with Crippen molar-refractivity contribution >= 4 is 11.0 Å². The van der Waals surface area contributed by atoms with Crippen LogP contribution in [0.15, 0.2) is 0 Å². The molecule has 0 amide bonds. The largest absolute Gasteiger partial charge is 0.246 e. The van der Waals surface area contributed by atoms with Crippen molar-refractivity contribution < 1.29 is 8.60 Å². The zero-order valence-electron chi connectivity index (χ0n) is 7.34. The highest BCUT2D eigenvalue weighted by molar-refractivity contribution is 7.81. The highest BCUT2D eigenvalue weighted by atomic mass is 32.2. The lowest BCUT2D eigenvalue weighted by atomic mass is 10.4. The standard InChI is InChI=1S/C5H10FNOS.C2H6/c1-9(8)7-3-2-5(6)4-7;1-2/h5H,2-4H2,1H3;1-2H3. The first-order chi connectivity index (χ1) is 5.20. The first-order valence-corrected chi connectivity index (χ1v) is 5.44. The molecule has 0 N–H and O–H groups in total. The summed E-state index contributed by atoms with van der Waals surface area (Å²) in [4.78, 5) is 0. The van der Waals surface area contributed by atoms with E-state index < -0.39 is 17.2 Å². The fourth-order valence-electron chi connectivity index (χ4n) is 0.921. The van der Waals surface area contributed by atoms with E-state index in [-0.39, 0.29) is 0 Å². The molecule has 68 valence electrons. The number of hydrogen-bond donors (Lipinski definition) is 0. The smallest absolute Gasteiger partial charge is 0.115 e. The quantitative estimate of drug-likeness (QED) is 0.598. The second kappa shape index (κ2) is 5.66. The minimum Gasteiger partial charge on any atom is -0.246 e. The molecule has 1 heterocycles. The van der Waals surface area contributed by atoms with Crippen LogP contribution in [0.5, 0.6) is 0 Å². The van der Waals surface area contributed by atoms with Crippen molar-refractivity contribution in [2.75, 3.05) is 19.3 Å². The molecule has 0 spiro atoms. The molecule has 2 unspecified atom stereocenters. The molecular formula is C7H16FNOS. The van der Waals surface area contributed by atoms with Gasteiger partial charge in [0.2, 0.25) is 0 Å². The fraction of sp³-hybridized carbons (Fsp3) is 1.00. The Morgan fingerprint density at radius 3 is 2.27 bits per heavy atom. The Hall–Kier alpha value is 0.0400. The van der Waals surface area contributed by atoms with Crippen LogP contribution in [0.4, 0.5) is 4.39 Å². The van der Waals surface area contributed by atoms with E-state index in [1.807, 2.05) is 13.8 Å².